The Labute approximate surface area is 390 Å². The summed E-state index contributed by atoms with van der Waals surface area (Å²) < 4.78 is 0. The molecule has 0 radical (unpaired) electrons. The van der Waals surface area contributed by atoms with Crippen molar-refractivity contribution in [3.8, 4) is 77.9 Å². The highest BCUT2D eigenvalue weighted by atomic mass is 14.6. The van der Waals surface area contributed by atoms with Gasteiger partial charge in [-0.2, -0.15) is 0 Å². The lowest BCUT2D eigenvalue weighted by Crippen LogP contribution is -2.25. The maximum absolute atomic E-state index is 4.49. The molecule has 1 heteroatoms. The van der Waals surface area contributed by atoms with Gasteiger partial charge >= 0.3 is 0 Å². The largest absolute Gasteiger partial charge is 0.264 e. The fraction of sp³-hybridized carbons (Fsp3) is 0.0152. The molecule has 2 aliphatic rings. The molecule has 1 heterocycles. The molecule has 0 saturated carbocycles. The van der Waals surface area contributed by atoms with Crippen molar-refractivity contribution in [3.63, 3.8) is 0 Å². The number of pyridine rings is 1. The topological polar surface area (TPSA) is 12.9 Å². The average Bonchev–Trinajstić information content (AvgIpc) is 3.88. The van der Waals surface area contributed by atoms with E-state index in [4.69, 9.17) is 0 Å². The van der Waals surface area contributed by atoms with Gasteiger partial charge in [0, 0.05) is 17.8 Å². The Kier molecular flexibility index (Phi) is 8.26. The Hall–Kier alpha value is -8.65. The second kappa shape index (κ2) is 14.7. The van der Waals surface area contributed by atoms with E-state index in [0.717, 1.165) is 0 Å². The number of hydrogen-bond acceptors (Lipinski definition) is 1. The van der Waals surface area contributed by atoms with Gasteiger partial charge in [-0.1, -0.05) is 194 Å². The van der Waals surface area contributed by atoms with Gasteiger partial charge in [0.25, 0.3) is 0 Å². The third kappa shape index (κ3) is 5.65. The van der Waals surface area contributed by atoms with E-state index in [9.17, 15) is 0 Å². The quantitative estimate of drug-likeness (QED) is 0.157. The van der Waals surface area contributed by atoms with Crippen molar-refractivity contribution in [2.24, 2.45) is 0 Å². The van der Waals surface area contributed by atoms with Gasteiger partial charge in [0.1, 0.15) is 0 Å². The molecule has 0 amide bonds. The summed E-state index contributed by atoms with van der Waals surface area (Å²) >= 11 is 0. The summed E-state index contributed by atoms with van der Waals surface area (Å²) in [5.41, 5.74) is 22.5. The first kappa shape index (κ1) is 37.7. The molecule has 1 nitrogen and oxygen atoms in total. The number of fused-ring (bicyclic) bond motifs is 16. The van der Waals surface area contributed by atoms with Crippen LogP contribution in [-0.4, -0.2) is 4.98 Å². The molecule has 0 aliphatic heterocycles. The predicted molar refractivity (Wildman–Crippen MR) is 280 cm³/mol. The van der Waals surface area contributed by atoms with Crippen LogP contribution < -0.4 is 0 Å². The van der Waals surface area contributed by atoms with Gasteiger partial charge in [-0.3, -0.25) is 4.98 Å². The van der Waals surface area contributed by atoms with Crippen LogP contribution in [0.5, 0.6) is 0 Å². The van der Waals surface area contributed by atoms with Crippen LogP contribution in [0.3, 0.4) is 0 Å². The zero-order valence-corrected chi connectivity index (χ0v) is 36.6. The smallest absolute Gasteiger partial charge is 0.0725 e. The van der Waals surface area contributed by atoms with Gasteiger partial charge in [0.2, 0.25) is 0 Å². The fourth-order valence-electron chi connectivity index (χ4n) is 11.8. The third-order valence-electron chi connectivity index (χ3n) is 14.8. The van der Waals surface area contributed by atoms with E-state index in [1.807, 2.05) is 12.4 Å². The molecule has 67 heavy (non-hydrogen) atoms. The van der Waals surface area contributed by atoms with Crippen LogP contribution in [-0.2, 0) is 5.41 Å². The summed E-state index contributed by atoms with van der Waals surface area (Å²) in [5, 5.41) is 7.43. The van der Waals surface area contributed by atoms with Crippen molar-refractivity contribution < 1.29 is 0 Å². The highest BCUT2D eigenvalue weighted by molar-refractivity contribution is 6.25. The highest BCUT2D eigenvalue weighted by Crippen LogP contribution is 2.63. The maximum Gasteiger partial charge on any atom is 0.0725 e. The van der Waals surface area contributed by atoms with Crippen molar-refractivity contribution in [2.75, 3.05) is 0 Å². The van der Waals surface area contributed by atoms with Gasteiger partial charge in [0.05, 0.1) is 5.41 Å². The number of rotatable bonds is 5. The van der Waals surface area contributed by atoms with Gasteiger partial charge in [-0.25, -0.2) is 0 Å². The summed E-state index contributed by atoms with van der Waals surface area (Å²) in [6.07, 6.45) is 3.90. The van der Waals surface area contributed by atoms with E-state index in [1.54, 1.807) is 0 Å². The first-order chi connectivity index (χ1) is 33.2. The Morgan fingerprint density at radius 1 is 0.224 bits per heavy atom. The molecule has 0 bridgehead atoms. The van der Waals surface area contributed by atoms with Crippen LogP contribution >= 0.6 is 0 Å². The molecule has 12 aromatic rings. The molecule has 11 aromatic carbocycles. The van der Waals surface area contributed by atoms with Gasteiger partial charge in [-0.05, 0) is 170 Å². The van der Waals surface area contributed by atoms with Crippen molar-refractivity contribution in [3.05, 3.63) is 271 Å². The molecule has 1 aromatic heterocycles. The van der Waals surface area contributed by atoms with Crippen LogP contribution in [0.2, 0.25) is 0 Å². The minimum Gasteiger partial charge on any atom is -0.264 e. The number of hydrogen-bond donors (Lipinski definition) is 0. The van der Waals surface area contributed by atoms with Crippen molar-refractivity contribution in [1.82, 2.24) is 4.98 Å². The highest BCUT2D eigenvalue weighted by Gasteiger charge is 2.51. The molecule has 1 spiro atoms. The minimum atomic E-state index is -0.332. The van der Waals surface area contributed by atoms with Gasteiger partial charge in [-0.15, -0.1) is 0 Å². The standard InChI is InChI=1S/C66H41N/c1-2-22-53-52(21-1)54-31-29-50(39-59(54)55-33-34-67-41-61(53)55)48-19-11-17-46(37-48)44-15-9-13-42(35-44)43-14-10-16-45(36-43)47-18-12-20-49(38-47)51-30-32-65-60(40-51)58-25-5-8-28-64(58)66(65)62-26-6-3-23-56(62)57-24-4-7-27-63(57)66/h1-41H. The van der Waals surface area contributed by atoms with Crippen LogP contribution in [0, 0.1) is 0 Å². The van der Waals surface area contributed by atoms with Crippen LogP contribution in [0.15, 0.2) is 249 Å². The van der Waals surface area contributed by atoms with Crippen LogP contribution in [0.25, 0.3) is 110 Å². The Balaban J connectivity index is 0.796. The van der Waals surface area contributed by atoms with E-state index in [2.05, 4.69) is 242 Å². The molecule has 0 fully saturated rings. The first-order valence-corrected chi connectivity index (χ1v) is 23.2. The molecule has 0 unspecified atom stereocenters. The van der Waals surface area contributed by atoms with Crippen molar-refractivity contribution in [2.45, 2.75) is 5.41 Å². The zero-order chi connectivity index (χ0) is 44.1. The molecule has 2 aliphatic carbocycles. The number of benzene rings is 11. The van der Waals surface area contributed by atoms with E-state index in [0.29, 0.717) is 0 Å². The zero-order valence-electron chi connectivity index (χ0n) is 36.6. The normalized spacial score (nSPS) is 12.9. The molecular weight excluding hydrogens is 807 g/mol. The lowest BCUT2D eigenvalue weighted by molar-refractivity contribution is 0.794. The average molecular weight is 848 g/mol. The van der Waals surface area contributed by atoms with Crippen molar-refractivity contribution in [1.29, 1.82) is 0 Å². The van der Waals surface area contributed by atoms with Gasteiger partial charge in [0.15, 0.2) is 0 Å². The first-order valence-electron chi connectivity index (χ1n) is 23.2. The fourth-order valence-corrected chi connectivity index (χ4v) is 11.8. The Morgan fingerprint density at radius 3 is 1.09 bits per heavy atom. The van der Waals surface area contributed by atoms with Gasteiger partial charge < -0.3 is 0 Å². The Bertz CT molecular complexity index is 3920. The number of aromatic nitrogens is 1. The van der Waals surface area contributed by atoms with E-state index < -0.39 is 0 Å². The molecule has 14 rings (SSSR count). The summed E-state index contributed by atoms with van der Waals surface area (Å²) in [6, 6.07) is 88.0. The lowest BCUT2D eigenvalue weighted by Gasteiger charge is -2.30. The molecule has 0 N–H and O–H groups in total. The maximum atomic E-state index is 4.49. The summed E-state index contributed by atoms with van der Waals surface area (Å²) in [6.45, 7) is 0. The molecular formula is C66H41N. The number of nitrogens with zero attached hydrogens (tertiary/aromatic N) is 1. The minimum absolute atomic E-state index is 0.332. The van der Waals surface area contributed by atoms with Crippen LogP contribution in [0.1, 0.15) is 22.3 Å². The van der Waals surface area contributed by atoms with E-state index >= 15 is 0 Å². The third-order valence-corrected chi connectivity index (χ3v) is 14.8. The Morgan fingerprint density at radius 2 is 0.582 bits per heavy atom. The molecule has 310 valence electrons. The SMILES string of the molecule is c1cc(-c2cccc(-c3cccc(-c4ccc5c6ccccc6c6cnccc6c5c4)c3)c2)cc(-c2cccc(-c3ccc4c(c3)-c3ccccc3C43c4ccccc4-c4ccccc43)c2)c1. The second-order valence-corrected chi connectivity index (χ2v) is 18.2. The predicted octanol–water partition coefficient (Wildman–Crippen LogP) is 17.2. The lowest BCUT2D eigenvalue weighted by atomic mass is 9.70. The van der Waals surface area contributed by atoms with E-state index in [1.165, 1.54) is 132 Å². The van der Waals surface area contributed by atoms with Crippen molar-refractivity contribution >= 4 is 32.3 Å². The monoisotopic (exact) mass is 847 g/mol. The molecule has 0 atom stereocenters. The van der Waals surface area contributed by atoms with Crippen LogP contribution in [0.4, 0.5) is 0 Å². The van der Waals surface area contributed by atoms with E-state index in [-0.39, 0.29) is 5.41 Å². The molecule has 0 saturated heterocycles. The second-order valence-electron chi connectivity index (χ2n) is 18.2. The summed E-state index contributed by atoms with van der Waals surface area (Å²) in [7, 11) is 0. The summed E-state index contributed by atoms with van der Waals surface area (Å²) in [5.74, 6) is 0. The summed E-state index contributed by atoms with van der Waals surface area (Å²) in [4.78, 5) is 4.49.